The number of nitrogens with two attached hydrogens (primary N) is 1. The van der Waals surface area contributed by atoms with Gasteiger partial charge in [0.15, 0.2) is 22.3 Å². The summed E-state index contributed by atoms with van der Waals surface area (Å²) >= 11 is 2.06. The second kappa shape index (κ2) is 13.0. The van der Waals surface area contributed by atoms with E-state index in [9.17, 15) is 49.2 Å². The lowest BCUT2D eigenvalue weighted by Crippen LogP contribution is -2.71. The Hall–Kier alpha value is -5.83. The molecule has 0 bridgehead atoms. The van der Waals surface area contributed by atoms with Crippen LogP contribution in [0.1, 0.15) is 29.9 Å². The Bertz CT molecular complexity index is 2050. The van der Waals surface area contributed by atoms with Gasteiger partial charge in [-0.15, -0.1) is 23.1 Å². The van der Waals surface area contributed by atoms with Crippen LogP contribution in [-0.4, -0.2) is 107 Å². The molecule has 258 valence electrons. The highest BCUT2D eigenvalue weighted by Gasteiger charge is 2.54. The van der Waals surface area contributed by atoms with Crippen LogP contribution in [0.4, 0.5) is 5.13 Å². The Morgan fingerprint density at radius 2 is 1.86 bits per heavy atom. The van der Waals surface area contributed by atoms with Crippen LogP contribution in [0.5, 0.6) is 11.5 Å². The van der Waals surface area contributed by atoms with Crippen LogP contribution in [0.25, 0.3) is 10.9 Å². The van der Waals surface area contributed by atoms with Crippen LogP contribution in [-0.2, 0) is 24.0 Å². The maximum absolute atomic E-state index is 13.3. The molecule has 2 aliphatic rings. The van der Waals surface area contributed by atoms with Gasteiger partial charge in [-0.05, 0) is 25.5 Å². The zero-order valence-electron chi connectivity index (χ0n) is 25.6. The molecule has 1 fully saturated rings. The number of aliphatic carboxylic acids is 2. The van der Waals surface area contributed by atoms with Crippen molar-refractivity contribution in [2.45, 2.75) is 30.9 Å². The lowest BCUT2D eigenvalue weighted by atomic mass is 10.0. The summed E-state index contributed by atoms with van der Waals surface area (Å²) in [5.41, 5.74) is 1.85. The number of pyridine rings is 1. The minimum absolute atomic E-state index is 0.00458. The predicted molar refractivity (Wildman–Crippen MR) is 172 cm³/mol. The third kappa shape index (κ3) is 6.39. The molecule has 4 heterocycles. The van der Waals surface area contributed by atoms with E-state index in [-0.39, 0.29) is 39.6 Å². The van der Waals surface area contributed by atoms with Gasteiger partial charge >= 0.3 is 11.9 Å². The quantitative estimate of drug-likeness (QED) is 0.0557. The Balaban J connectivity index is 1.35. The van der Waals surface area contributed by atoms with Gasteiger partial charge in [-0.25, -0.2) is 14.6 Å². The van der Waals surface area contributed by atoms with E-state index < -0.39 is 80.6 Å². The number of nitrogens with zero attached hydrogens (tertiary/aromatic N) is 4. The van der Waals surface area contributed by atoms with E-state index in [2.05, 4.69) is 20.8 Å². The summed E-state index contributed by atoms with van der Waals surface area (Å²) in [5, 5.41) is 48.1. The monoisotopic (exact) mass is 717 g/mol. The van der Waals surface area contributed by atoms with Gasteiger partial charge in [0.05, 0.1) is 17.1 Å². The number of aromatic hydroxyl groups is 2. The van der Waals surface area contributed by atoms with Gasteiger partial charge in [0.1, 0.15) is 35.5 Å². The average molecular weight is 718 g/mol. The van der Waals surface area contributed by atoms with Crippen LogP contribution in [0.15, 0.2) is 44.9 Å². The van der Waals surface area contributed by atoms with E-state index in [0.29, 0.717) is 0 Å². The number of β-lactam (4-membered cyclic amide) rings is 1. The SMILES string of the molecule is COn1cc(C(=O)NCC2=C(C(=O)O)N3C(=O)C(NC(=O)/C(=N\OC(C)(C)C(=O)O)c4csc(N)n4)[C@H]3SC2)c(=O)c2cc(O)c(O)cc21. The maximum atomic E-state index is 13.3. The molecule has 0 radical (unpaired) electrons. The first-order valence-electron chi connectivity index (χ1n) is 13.9. The number of nitrogen functional groups attached to an aromatic ring is 1. The highest BCUT2D eigenvalue weighted by Crippen LogP contribution is 2.40. The molecule has 0 saturated carbocycles. The van der Waals surface area contributed by atoms with Crippen molar-refractivity contribution < 1.29 is 54.1 Å². The molecule has 2 aliphatic heterocycles. The van der Waals surface area contributed by atoms with Crippen molar-refractivity contribution in [3.8, 4) is 11.5 Å². The average Bonchev–Trinajstić information content (AvgIpc) is 3.48. The van der Waals surface area contributed by atoms with Gasteiger partial charge in [0, 0.05) is 23.7 Å². The number of oxime groups is 1. The molecule has 3 aromatic rings. The maximum Gasteiger partial charge on any atom is 0.352 e. The molecule has 3 amide bonds. The summed E-state index contributed by atoms with van der Waals surface area (Å²) in [6.45, 7) is 2.01. The van der Waals surface area contributed by atoms with E-state index in [1.165, 1.54) is 26.3 Å². The fourth-order valence-electron chi connectivity index (χ4n) is 4.74. The first kappa shape index (κ1) is 34.5. The van der Waals surface area contributed by atoms with Crippen molar-refractivity contribution in [3.63, 3.8) is 0 Å². The second-order valence-electron chi connectivity index (χ2n) is 11.0. The van der Waals surface area contributed by atoms with Gasteiger partial charge in [0.2, 0.25) is 11.0 Å². The number of carboxylic acid groups (broad SMARTS) is 2. The Kier molecular flexibility index (Phi) is 9.15. The third-order valence-corrected chi connectivity index (χ3v) is 9.38. The molecule has 21 heteroatoms. The number of nitrogens with one attached hydrogen (secondary N) is 2. The Labute approximate surface area is 282 Å². The number of carbonyl (C=O) groups excluding carboxylic acids is 3. The van der Waals surface area contributed by atoms with E-state index in [1.54, 1.807) is 0 Å². The van der Waals surface area contributed by atoms with Crippen LogP contribution in [0.3, 0.4) is 0 Å². The van der Waals surface area contributed by atoms with Crippen LogP contribution in [0, 0.1) is 0 Å². The van der Waals surface area contributed by atoms with Crippen LogP contribution >= 0.6 is 23.1 Å². The normalized spacial score (nSPS) is 17.7. The number of aromatic nitrogens is 2. The zero-order chi connectivity index (χ0) is 35.9. The van der Waals surface area contributed by atoms with Crippen molar-refractivity contribution >= 4 is 74.5 Å². The van der Waals surface area contributed by atoms with Gasteiger partial charge in [-0.2, -0.15) is 4.73 Å². The van der Waals surface area contributed by atoms with Crippen molar-refractivity contribution in [2.75, 3.05) is 25.1 Å². The van der Waals surface area contributed by atoms with E-state index >= 15 is 0 Å². The minimum Gasteiger partial charge on any atom is -0.504 e. The summed E-state index contributed by atoms with van der Waals surface area (Å²) in [7, 11) is 1.24. The largest absolute Gasteiger partial charge is 0.504 e. The molecule has 1 unspecified atom stereocenters. The Morgan fingerprint density at radius 1 is 1.16 bits per heavy atom. The van der Waals surface area contributed by atoms with Crippen molar-refractivity contribution in [2.24, 2.45) is 5.16 Å². The number of thioether (sulfide) groups is 1. The second-order valence-corrected chi connectivity index (χ2v) is 13.0. The number of phenolic OH excluding ortho intramolecular Hbond substituents is 2. The predicted octanol–water partition coefficient (Wildman–Crippen LogP) is -0.738. The highest BCUT2D eigenvalue weighted by molar-refractivity contribution is 8.00. The molecule has 2 atom stereocenters. The Morgan fingerprint density at radius 3 is 2.47 bits per heavy atom. The number of rotatable bonds is 11. The molecule has 19 nitrogen and oxygen atoms in total. The zero-order valence-corrected chi connectivity index (χ0v) is 27.2. The highest BCUT2D eigenvalue weighted by atomic mass is 32.2. The molecule has 49 heavy (non-hydrogen) atoms. The number of thiazole rings is 1. The number of fused-ring (bicyclic) bond motifs is 2. The molecular weight excluding hydrogens is 690 g/mol. The van der Waals surface area contributed by atoms with Gasteiger partial charge in [0.25, 0.3) is 17.7 Å². The number of carbonyl (C=O) groups is 5. The fourth-order valence-corrected chi connectivity index (χ4v) is 6.64. The van der Waals surface area contributed by atoms with Crippen LogP contribution < -0.4 is 26.6 Å². The molecule has 1 saturated heterocycles. The standard InChI is InChI=1S/C28H27N7O12S2/c1-28(2,26(44)45)47-33-17(13-9-49-27(29)31-13)22(40)32-18-23(41)35-19(25(42)43)10(8-48-24(18)35)6-30-21(39)12-7-34(46-3)14-5-16(37)15(36)4-11(14)20(12)38/h4-5,7,9,18,24,36-37H,6,8H2,1-3H3,(H2,29,31)(H,30,39)(H,32,40)(H,42,43)(H,44,45)/b33-17-/t18?,24-/m1/s1. The summed E-state index contributed by atoms with van der Waals surface area (Å²) in [5.74, 6) is -6.67. The minimum atomic E-state index is -1.83. The van der Waals surface area contributed by atoms with E-state index in [1.807, 2.05) is 0 Å². The molecule has 1 aromatic carbocycles. The topological polar surface area (TPSA) is 285 Å². The van der Waals surface area contributed by atoms with Crippen molar-refractivity contribution in [1.29, 1.82) is 0 Å². The number of hydrogen-bond acceptors (Lipinski definition) is 15. The molecule has 2 aromatic heterocycles. The van der Waals surface area contributed by atoms with E-state index in [4.69, 9.17) is 15.4 Å². The lowest BCUT2D eigenvalue weighted by Gasteiger charge is -2.49. The summed E-state index contributed by atoms with van der Waals surface area (Å²) in [4.78, 5) is 91.7. The summed E-state index contributed by atoms with van der Waals surface area (Å²) in [6.07, 6.45) is 1.06. The van der Waals surface area contributed by atoms with Crippen molar-refractivity contribution in [1.82, 2.24) is 25.2 Å². The van der Waals surface area contributed by atoms with Crippen molar-refractivity contribution in [3.05, 3.63) is 56.5 Å². The van der Waals surface area contributed by atoms with Gasteiger partial charge < -0.3 is 46.5 Å². The lowest BCUT2D eigenvalue weighted by molar-refractivity contribution is -0.161. The number of phenols is 2. The summed E-state index contributed by atoms with van der Waals surface area (Å²) in [6, 6.07) is 0.822. The third-order valence-electron chi connectivity index (χ3n) is 7.37. The molecular formula is C28H27N7O12S2. The van der Waals surface area contributed by atoms with Gasteiger partial charge in [-0.3, -0.25) is 24.1 Å². The number of carboxylic acids is 2. The number of hydrogen-bond donors (Lipinski definition) is 7. The molecule has 5 rings (SSSR count). The molecule has 8 N–H and O–H groups in total. The number of anilines is 1. The molecule has 0 aliphatic carbocycles. The first-order chi connectivity index (χ1) is 23.0. The number of benzene rings is 1. The summed E-state index contributed by atoms with van der Waals surface area (Å²) < 4.78 is 1.03. The van der Waals surface area contributed by atoms with Gasteiger partial charge in [-0.1, -0.05) is 5.16 Å². The fraction of sp³-hybridized carbons (Fsp3) is 0.286. The first-order valence-corrected chi connectivity index (χ1v) is 15.8. The van der Waals surface area contributed by atoms with Crippen LogP contribution in [0.2, 0.25) is 0 Å². The smallest absolute Gasteiger partial charge is 0.352 e. The number of amides is 3. The molecule has 0 spiro atoms. The van der Waals surface area contributed by atoms with E-state index in [0.717, 1.165) is 51.1 Å².